The van der Waals surface area contributed by atoms with E-state index in [0.717, 1.165) is 4.88 Å². The van der Waals surface area contributed by atoms with Crippen molar-refractivity contribution in [1.82, 2.24) is 4.90 Å². The van der Waals surface area contributed by atoms with Gasteiger partial charge in [-0.3, -0.25) is 9.59 Å². The molecular formula is C23H20N2O4S. The van der Waals surface area contributed by atoms with Crippen LogP contribution in [0, 0.1) is 0 Å². The number of carbonyl (C=O) groups excluding carboxylic acids is 3. The molecule has 1 N–H and O–H groups in total. The van der Waals surface area contributed by atoms with Crippen molar-refractivity contribution in [3.8, 4) is 0 Å². The number of esters is 1. The smallest absolute Gasteiger partial charge is 0.337 e. The molecule has 3 aromatic rings. The highest BCUT2D eigenvalue weighted by atomic mass is 32.1. The maximum Gasteiger partial charge on any atom is 0.337 e. The van der Waals surface area contributed by atoms with Gasteiger partial charge in [0.05, 0.1) is 24.6 Å². The van der Waals surface area contributed by atoms with E-state index in [1.54, 1.807) is 48.3 Å². The molecule has 6 nitrogen and oxygen atoms in total. The SMILES string of the molecule is COC(=O)c1ccc(NC(=O)[C@@H]2c3ccccc3C(=O)N(C)[C@@H]2c2cccs2)cc1. The monoisotopic (exact) mass is 420 g/mol. The fourth-order valence-corrected chi connectivity index (χ4v) is 4.70. The van der Waals surface area contributed by atoms with Crippen LogP contribution in [0.2, 0.25) is 0 Å². The first-order valence-electron chi connectivity index (χ1n) is 9.40. The quantitative estimate of drug-likeness (QED) is 0.645. The Balaban J connectivity index is 1.70. The minimum absolute atomic E-state index is 0.101. The van der Waals surface area contributed by atoms with Crippen LogP contribution in [0.4, 0.5) is 5.69 Å². The molecule has 0 spiro atoms. The van der Waals surface area contributed by atoms with E-state index >= 15 is 0 Å². The van der Waals surface area contributed by atoms with Gasteiger partial charge in [-0.2, -0.15) is 0 Å². The molecule has 1 aromatic heterocycles. The van der Waals surface area contributed by atoms with Crippen LogP contribution in [0.15, 0.2) is 66.0 Å². The van der Waals surface area contributed by atoms with Crippen molar-refractivity contribution in [2.75, 3.05) is 19.5 Å². The Morgan fingerprint density at radius 1 is 1.03 bits per heavy atom. The number of hydrogen-bond acceptors (Lipinski definition) is 5. The molecule has 0 bridgehead atoms. The fourth-order valence-electron chi connectivity index (χ4n) is 3.80. The first kappa shape index (κ1) is 19.8. The van der Waals surface area contributed by atoms with Gasteiger partial charge in [-0.05, 0) is 47.3 Å². The third-order valence-electron chi connectivity index (χ3n) is 5.27. The molecule has 0 aliphatic carbocycles. The van der Waals surface area contributed by atoms with Crippen LogP contribution in [0.3, 0.4) is 0 Å². The van der Waals surface area contributed by atoms with Crippen LogP contribution in [0.25, 0.3) is 0 Å². The van der Waals surface area contributed by atoms with Crippen molar-refractivity contribution in [2.45, 2.75) is 12.0 Å². The Morgan fingerprint density at radius 3 is 2.43 bits per heavy atom. The number of thiophene rings is 1. The standard InChI is InChI=1S/C23H20N2O4S/c1-25-20(18-8-5-13-30-18)19(16-6-3-4-7-17(16)22(25)27)21(26)24-15-11-9-14(10-12-15)23(28)29-2/h3-13,19-20H,1-2H3,(H,24,26)/t19-,20-/m1/s1. The molecule has 2 amide bonds. The van der Waals surface area contributed by atoms with E-state index < -0.39 is 17.9 Å². The number of benzene rings is 2. The highest BCUT2D eigenvalue weighted by molar-refractivity contribution is 7.10. The Kier molecular flexibility index (Phi) is 5.37. The normalized spacial score (nSPS) is 17.9. The molecule has 0 fully saturated rings. The molecule has 4 rings (SSSR count). The zero-order valence-electron chi connectivity index (χ0n) is 16.5. The zero-order chi connectivity index (χ0) is 21.3. The summed E-state index contributed by atoms with van der Waals surface area (Å²) in [4.78, 5) is 40.6. The maximum atomic E-state index is 13.4. The van der Waals surface area contributed by atoms with Gasteiger partial charge >= 0.3 is 5.97 Å². The number of carbonyl (C=O) groups is 3. The lowest BCUT2D eigenvalue weighted by Crippen LogP contribution is -2.43. The average molecular weight is 420 g/mol. The number of nitrogens with one attached hydrogen (secondary N) is 1. The number of likely N-dealkylation sites (N-methyl/N-ethyl adjacent to an activating group) is 1. The van der Waals surface area contributed by atoms with Crippen molar-refractivity contribution in [3.63, 3.8) is 0 Å². The number of hydrogen-bond donors (Lipinski definition) is 1. The van der Waals surface area contributed by atoms with Crippen LogP contribution in [0.5, 0.6) is 0 Å². The lowest BCUT2D eigenvalue weighted by Gasteiger charge is -2.39. The lowest BCUT2D eigenvalue weighted by molar-refractivity contribution is -0.119. The molecule has 0 radical (unpaired) electrons. The predicted molar refractivity (Wildman–Crippen MR) is 115 cm³/mol. The van der Waals surface area contributed by atoms with Crippen molar-refractivity contribution < 1.29 is 19.1 Å². The van der Waals surface area contributed by atoms with Gasteiger partial charge in [-0.1, -0.05) is 24.3 Å². The molecule has 30 heavy (non-hydrogen) atoms. The van der Waals surface area contributed by atoms with Gasteiger partial charge in [0.15, 0.2) is 0 Å². The average Bonchev–Trinajstić information content (AvgIpc) is 3.30. The number of amides is 2. The molecule has 0 unspecified atom stereocenters. The molecule has 2 atom stereocenters. The molecule has 1 aliphatic heterocycles. The highest BCUT2D eigenvalue weighted by Gasteiger charge is 2.43. The number of rotatable bonds is 4. The van der Waals surface area contributed by atoms with Crippen molar-refractivity contribution >= 4 is 34.8 Å². The molecule has 1 aliphatic rings. The topological polar surface area (TPSA) is 75.7 Å². The first-order valence-corrected chi connectivity index (χ1v) is 10.3. The largest absolute Gasteiger partial charge is 0.465 e. The van der Waals surface area contributed by atoms with E-state index in [2.05, 4.69) is 5.32 Å². The van der Waals surface area contributed by atoms with Gasteiger partial charge < -0.3 is 15.0 Å². The third-order valence-corrected chi connectivity index (χ3v) is 6.21. The first-order chi connectivity index (χ1) is 14.5. The van der Waals surface area contributed by atoms with Crippen LogP contribution in [-0.2, 0) is 9.53 Å². The van der Waals surface area contributed by atoms with Crippen molar-refractivity contribution in [2.24, 2.45) is 0 Å². The molecular weight excluding hydrogens is 400 g/mol. The van der Waals surface area contributed by atoms with E-state index in [4.69, 9.17) is 4.74 Å². The molecule has 7 heteroatoms. The summed E-state index contributed by atoms with van der Waals surface area (Å²) < 4.78 is 4.71. The van der Waals surface area contributed by atoms with E-state index in [1.807, 2.05) is 29.6 Å². The summed E-state index contributed by atoms with van der Waals surface area (Å²) in [6.07, 6.45) is 0. The predicted octanol–water partition coefficient (Wildman–Crippen LogP) is 4.08. The Labute approximate surface area is 178 Å². The summed E-state index contributed by atoms with van der Waals surface area (Å²) in [5.41, 5.74) is 2.21. The number of nitrogens with zero attached hydrogens (tertiary/aromatic N) is 1. The maximum absolute atomic E-state index is 13.4. The molecule has 2 heterocycles. The number of methoxy groups -OCH3 is 1. The van der Waals surface area contributed by atoms with Crippen LogP contribution in [-0.4, -0.2) is 36.8 Å². The van der Waals surface area contributed by atoms with Crippen LogP contribution < -0.4 is 5.32 Å². The third kappa shape index (κ3) is 3.48. The number of fused-ring (bicyclic) bond motifs is 1. The molecule has 0 saturated heterocycles. The van der Waals surface area contributed by atoms with Gasteiger partial charge in [0.1, 0.15) is 0 Å². The van der Waals surface area contributed by atoms with Crippen LogP contribution >= 0.6 is 11.3 Å². The van der Waals surface area contributed by atoms with Crippen molar-refractivity contribution in [1.29, 1.82) is 0 Å². The highest BCUT2D eigenvalue weighted by Crippen LogP contribution is 2.43. The summed E-state index contributed by atoms with van der Waals surface area (Å²) in [7, 11) is 3.05. The van der Waals surface area contributed by atoms with E-state index in [1.165, 1.54) is 18.4 Å². The molecule has 2 aromatic carbocycles. The number of anilines is 1. The second-order valence-electron chi connectivity index (χ2n) is 7.00. The minimum Gasteiger partial charge on any atom is -0.465 e. The van der Waals surface area contributed by atoms with E-state index in [-0.39, 0.29) is 11.8 Å². The van der Waals surface area contributed by atoms with Gasteiger partial charge in [0.25, 0.3) is 5.91 Å². The molecule has 0 saturated carbocycles. The minimum atomic E-state index is -0.567. The summed E-state index contributed by atoms with van der Waals surface area (Å²) in [6.45, 7) is 0. The lowest BCUT2D eigenvalue weighted by atomic mass is 9.81. The second kappa shape index (κ2) is 8.12. The van der Waals surface area contributed by atoms with Gasteiger partial charge in [0.2, 0.25) is 5.91 Å². The Bertz CT molecular complexity index is 1090. The summed E-state index contributed by atoms with van der Waals surface area (Å²) >= 11 is 1.52. The second-order valence-corrected chi connectivity index (χ2v) is 7.98. The Hall–Kier alpha value is -3.45. The Morgan fingerprint density at radius 2 is 1.77 bits per heavy atom. The van der Waals surface area contributed by atoms with Gasteiger partial charge in [-0.25, -0.2) is 4.79 Å². The summed E-state index contributed by atoms with van der Waals surface area (Å²) in [5.74, 6) is -1.32. The van der Waals surface area contributed by atoms with Crippen molar-refractivity contribution in [3.05, 3.63) is 87.6 Å². The van der Waals surface area contributed by atoms with E-state index in [0.29, 0.717) is 22.4 Å². The van der Waals surface area contributed by atoms with Gasteiger partial charge in [-0.15, -0.1) is 11.3 Å². The summed E-state index contributed by atoms with van der Waals surface area (Å²) in [5, 5.41) is 4.88. The zero-order valence-corrected chi connectivity index (χ0v) is 17.3. The fraction of sp³-hybridized carbons (Fsp3) is 0.174. The summed E-state index contributed by atoms with van der Waals surface area (Å²) in [6, 6.07) is 17.2. The van der Waals surface area contributed by atoms with Gasteiger partial charge in [0, 0.05) is 23.2 Å². The van der Waals surface area contributed by atoms with Crippen LogP contribution in [0.1, 0.15) is 43.1 Å². The van der Waals surface area contributed by atoms with E-state index in [9.17, 15) is 14.4 Å². The molecule has 152 valence electrons. The number of ether oxygens (including phenoxy) is 1.